The maximum Gasteiger partial charge on any atom is 0.351 e. The summed E-state index contributed by atoms with van der Waals surface area (Å²) in [6.07, 6.45) is 10.6. The molecule has 0 saturated carbocycles. The zero-order valence-electron chi connectivity index (χ0n) is 54.7. The van der Waals surface area contributed by atoms with Crippen LogP contribution >= 0.6 is 27.4 Å². The number of aliphatic hydroxyl groups excluding tert-OH is 1. The lowest BCUT2D eigenvalue weighted by Crippen LogP contribution is -2.49. The number of carbonyl (C=O) groups is 2. The number of aromatic nitrogens is 4. The van der Waals surface area contributed by atoms with E-state index in [2.05, 4.69) is 123 Å². The summed E-state index contributed by atoms with van der Waals surface area (Å²) < 4.78 is 38.5. The van der Waals surface area contributed by atoms with Crippen molar-refractivity contribution in [2.75, 3.05) is 49.9 Å². The second kappa shape index (κ2) is 35.4. The fraction of sp³-hybridized carbons (Fsp3) is 0.841. The van der Waals surface area contributed by atoms with Crippen LogP contribution < -0.4 is 27.3 Å². The number of anilines is 2. The first-order chi connectivity index (χ1) is 40.0. The van der Waals surface area contributed by atoms with Crippen LogP contribution in [-0.2, 0) is 32.6 Å². The predicted octanol–water partition coefficient (Wildman–Crippen LogP) is 12.1. The fourth-order valence-electron chi connectivity index (χ4n) is 11.6. The molecule has 7 fully saturated rings. The van der Waals surface area contributed by atoms with Crippen LogP contribution in [0.2, 0.25) is 0 Å². The normalized spacial score (nSPS) is 30.7. The Morgan fingerprint density at radius 3 is 1.61 bits per heavy atom. The molecule has 14 atom stereocenters. The zero-order chi connectivity index (χ0) is 63.3. The minimum absolute atomic E-state index is 0. The lowest BCUT2D eigenvalue weighted by molar-refractivity contribution is -0.119. The highest BCUT2D eigenvalue weighted by Gasteiger charge is 2.57. The average Bonchev–Trinajstić information content (AvgIpc) is 1.65. The Labute approximate surface area is 530 Å². The van der Waals surface area contributed by atoms with Crippen molar-refractivity contribution in [1.29, 1.82) is 0 Å². The van der Waals surface area contributed by atoms with Crippen LogP contribution in [0.5, 0.6) is 0 Å². The summed E-state index contributed by atoms with van der Waals surface area (Å²) in [4.78, 5) is 58.4. The van der Waals surface area contributed by atoms with Gasteiger partial charge in [0.15, 0.2) is 0 Å². The van der Waals surface area contributed by atoms with Gasteiger partial charge in [-0.05, 0) is 139 Å². The van der Waals surface area contributed by atoms with Gasteiger partial charge >= 0.3 is 11.4 Å². The molecule has 21 nitrogen and oxygen atoms in total. The molecule has 0 spiro atoms. The van der Waals surface area contributed by atoms with E-state index in [1.165, 1.54) is 60.6 Å². The van der Waals surface area contributed by atoms with Gasteiger partial charge in [0, 0.05) is 68.3 Å². The van der Waals surface area contributed by atoms with Gasteiger partial charge in [0.1, 0.15) is 24.1 Å². The molecule has 2 aromatic heterocycles. The lowest BCUT2D eigenvalue weighted by atomic mass is 9.84. The van der Waals surface area contributed by atoms with E-state index < -0.39 is 51.7 Å². The van der Waals surface area contributed by atoms with Crippen LogP contribution in [0, 0.1) is 29.6 Å². The number of hydrogen-bond donors (Lipinski definition) is 5. The Bertz CT molecular complexity index is 2510. The SMILES string of the molecule is C.C.CC(C)[C@@](C)(O)[C@@H]1CCCN1.CC(C)[C@@]1(C)OP(Cl)N2CCC[C@H]21.CCN(CC)CC.CC[C@H]1O[C@@H](n2ccc(NC(=O)C(C)C)nc2=O)CC1O.CC[C@H]1O[C@@H](n2ccc(NC(=O)C(C)C)nc2=O)CC1O[P@@]1O[C@](C)(C(C)C)[C@@H]2CCCN21. The van der Waals surface area contributed by atoms with Gasteiger partial charge in [-0.15, -0.1) is 0 Å². The summed E-state index contributed by atoms with van der Waals surface area (Å²) in [5.74, 6) is 0.998. The number of halogens is 1. The number of hydrogen-bond acceptors (Lipinski definition) is 17. The second-order valence-corrected chi connectivity index (χ2v) is 29.1. The van der Waals surface area contributed by atoms with Crippen LogP contribution in [0.25, 0.3) is 0 Å². The van der Waals surface area contributed by atoms with Crippen molar-refractivity contribution in [3.8, 4) is 0 Å². The molecular weight excluding hydrogens is 1170 g/mol. The maximum absolute atomic E-state index is 12.7. The summed E-state index contributed by atoms with van der Waals surface area (Å²) >= 11 is 6.21. The molecule has 2 amide bonds. The monoisotopic (exact) mass is 1290 g/mol. The van der Waals surface area contributed by atoms with Gasteiger partial charge in [-0.2, -0.15) is 9.97 Å². The van der Waals surface area contributed by atoms with E-state index in [-0.39, 0.29) is 79.7 Å². The van der Waals surface area contributed by atoms with Crippen molar-refractivity contribution in [2.45, 2.75) is 275 Å². The van der Waals surface area contributed by atoms with E-state index in [1.54, 1.807) is 46.0 Å². The number of nitrogens with zero attached hydrogens (tertiary/aromatic N) is 7. The summed E-state index contributed by atoms with van der Waals surface area (Å²) in [6, 6.07) is 4.45. The molecule has 3 unspecified atom stereocenters. The molecule has 9 rings (SSSR count). The second-order valence-electron chi connectivity index (χ2n) is 25.7. The van der Waals surface area contributed by atoms with E-state index >= 15 is 0 Å². The minimum Gasteiger partial charge on any atom is -0.390 e. The van der Waals surface area contributed by atoms with Crippen molar-refractivity contribution in [2.24, 2.45) is 29.6 Å². The van der Waals surface area contributed by atoms with Crippen molar-refractivity contribution < 1.29 is 42.8 Å². The summed E-state index contributed by atoms with van der Waals surface area (Å²) in [6.45, 7) is 43.8. The molecule has 87 heavy (non-hydrogen) atoms. The number of nitrogens with one attached hydrogen (secondary N) is 3. The molecule has 502 valence electrons. The molecular formula is C63H117ClN10O11P2. The number of amides is 2. The largest absolute Gasteiger partial charge is 0.390 e. The number of ether oxygens (including phenoxy) is 2. The molecule has 0 aliphatic carbocycles. The molecule has 0 bridgehead atoms. The number of aliphatic hydroxyl groups is 2. The van der Waals surface area contributed by atoms with Crippen molar-refractivity contribution in [3.63, 3.8) is 0 Å². The Balaban J connectivity index is 0.000000313. The minimum atomic E-state index is -1.16. The average molecular weight is 1290 g/mol. The molecule has 0 aromatic carbocycles. The Hall–Kier alpha value is -2.59. The quantitative estimate of drug-likeness (QED) is 0.0926. The molecule has 24 heteroatoms. The molecule has 7 aliphatic heterocycles. The number of carbonyl (C=O) groups excluding carboxylic acids is 2. The molecule has 5 N–H and O–H groups in total. The van der Waals surface area contributed by atoms with E-state index in [1.807, 2.05) is 13.8 Å². The Kier molecular flexibility index (Phi) is 32.0. The van der Waals surface area contributed by atoms with Gasteiger partial charge in [-0.1, -0.05) is 119 Å². The van der Waals surface area contributed by atoms with Gasteiger partial charge in [0.05, 0.1) is 41.2 Å². The Morgan fingerprint density at radius 2 is 1.21 bits per heavy atom. The van der Waals surface area contributed by atoms with E-state index in [4.69, 9.17) is 34.3 Å². The molecule has 7 aliphatic rings. The van der Waals surface area contributed by atoms with Crippen LogP contribution in [0.1, 0.15) is 216 Å². The fourth-order valence-corrected chi connectivity index (χ4v) is 16.5. The highest BCUT2D eigenvalue weighted by molar-refractivity contribution is 7.78. The maximum atomic E-state index is 12.7. The third-order valence-corrected chi connectivity index (χ3v) is 22.7. The predicted molar refractivity (Wildman–Crippen MR) is 354 cm³/mol. The van der Waals surface area contributed by atoms with E-state index in [9.17, 15) is 29.4 Å². The van der Waals surface area contributed by atoms with Gasteiger partial charge in [-0.3, -0.25) is 18.7 Å². The standard InChI is InChI=1S/C23H37N4O5P.C14H21N3O4.C9H17ClNOP.C9H19NO.C6H15N.2CH4/c1-7-16-17(31-33-27-11-8-9-18(27)23(6,32-33)15(4)5)13-20(30-16)26-12-10-19(25-22(26)29)24-21(28)14(2)3;1-4-10-9(18)7-12(21-10)17-6-5-11(16-14(17)20)15-13(19)8(2)3;1-7(2)9(3)8-5-4-6-11(8)13(10)12-9;1-7(2)9(3,11)8-5-4-6-10-8;1-4-7(5-2)6-3;;/h10,12,14-18,20H,7-9,11,13H2,1-6H3,(H,24,25,28,29);5-6,8-10,12,18H,4,7H2,1-3H3,(H,15,16,19,20);7-8H,4-6H2,1-3H3;7-8,10-11H,4-6H2,1-3H3;4-6H2,1-3H3;2*1H4/t16-,17?,18+,20-,23-,33+;9?,10-,12-;8-,9+,13?;8-,9+;;;/m1100.../s1. The Morgan fingerprint density at radius 1 is 0.747 bits per heavy atom. The van der Waals surface area contributed by atoms with E-state index in [0.29, 0.717) is 55.1 Å². The highest BCUT2D eigenvalue weighted by Crippen LogP contribution is 2.64. The van der Waals surface area contributed by atoms with E-state index in [0.717, 1.165) is 38.9 Å². The van der Waals surface area contributed by atoms with Crippen LogP contribution in [-0.4, -0.2) is 154 Å². The van der Waals surface area contributed by atoms with Crippen LogP contribution in [0.15, 0.2) is 34.1 Å². The third-order valence-electron chi connectivity index (χ3n) is 18.5. The topological polar surface area (TPSA) is 236 Å². The third kappa shape index (κ3) is 20.0. The lowest BCUT2D eigenvalue weighted by Gasteiger charge is -2.34. The molecule has 7 saturated heterocycles. The summed E-state index contributed by atoms with van der Waals surface area (Å²) in [5, 5.41) is 28.4. The van der Waals surface area contributed by atoms with Gasteiger partial charge in [0.2, 0.25) is 19.5 Å². The summed E-state index contributed by atoms with van der Waals surface area (Å²) in [7, 11) is -1.98. The number of fused-ring (bicyclic) bond motifs is 2. The summed E-state index contributed by atoms with van der Waals surface area (Å²) in [5.41, 5.74) is -1.71. The smallest absolute Gasteiger partial charge is 0.351 e. The van der Waals surface area contributed by atoms with Gasteiger partial charge < -0.3 is 54.1 Å². The highest BCUT2D eigenvalue weighted by atomic mass is 35.7. The molecule has 0 radical (unpaired) electrons. The van der Waals surface area contributed by atoms with Crippen molar-refractivity contribution >= 4 is 50.9 Å². The molecule has 2 aromatic rings. The van der Waals surface area contributed by atoms with Crippen LogP contribution in [0.4, 0.5) is 11.6 Å². The van der Waals surface area contributed by atoms with Gasteiger partial charge in [0.25, 0.3) is 8.53 Å². The van der Waals surface area contributed by atoms with Crippen molar-refractivity contribution in [3.05, 3.63) is 45.5 Å². The van der Waals surface area contributed by atoms with Crippen LogP contribution in [0.3, 0.4) is 0 Å². The van der Waals surface area contributed by atoms with Crippen molar-refractivity contribution in [1.82, 2.24) is 38.7 Å². The first kappa shape index (κ1) is 78.7. The number of rotatable bonds is 17. The first-order valence-corrected chi connectivity index (χ1v) is 35.1. The zero-order valence-corrected chi connectivity index (χ0v) is 57.2. The van der Waals surface area contributed by atoms with Gasteiger partial charge in [-0.25, -0.2) is 18.9 Å². The molecule has 9 heterocycles. The first-order valence-electron chi connectivity index (χ1n) is 31.8.